The van der Waals surface area contributed by atoms with Gasteiger partial charge in [0.15, 0.2) is 0 Å². The molecule has 1 amide bonds. The number of ether oxygens (including phenoxy) is 2. The molecular formula is C26H35F3N4O3. The van der Waals surface area contributed by atoms with E-state index < -0.39 is 11.9 Å². The Kier molecular flexibility index (Phi) is 6.20. The highest BCUT2D eigenvalue weighted by molar-refractivity contribution is 5.85. The Morgan fingerprint density at radius 2 is 2.11 bits per heavy atom. The maximum Gasteiger partial charge on any atom is 0.433 e. The van der Waals surface area contributed by atoms with E-state index in [0.29, 0.717) is 37.3 Å². The van der Waals surface area contributed by atoms with Crippen molar-refractivity contribution in [2.75, 3.05) is 38.3 Å². The van der Waals surface area contributed by atoms with E-state index in [1.807, 2.05) is 4.90 Å². The SMILES string of the molecule is CO[C@@H]1COCC[C@@H]1N[C@@H]1C[C@H]2CCC[C@@]2(C(=O)N2C[C@@H]3C[C@H]2CN3c2ccnc(C(F)(F)F)c2)C1. The number of anilines is 1. The number of methoxy groups -OCH3 is 1. The molecule has 10 heteroatoms. The van der Waals surface area contributed by atoms with E-state index in [0.717, 1.165) is 57.6 Å². The highest BCUT2D eigenvalue weighted by Gasteiger charge is 2.59. The second-order valence-electron chi connectivity index (χ2n) is 11.3. The van der Waals surface area contributed by atoms with Crippen LogP contribution in [0.1, 0.15) is 50.6 Å². The maximum absolute atomic E-state index is 14.1. The molecular weight excluding hydrogens is 473 g/mol. The van der Waals surface area contributed by atoms with Gasteiger partial charge in [-0.1, -0.05) is 6.42 Å². The van der Waals surface area contributed by atoms with E-state index in [4.69, 9.17) is 9.47 Å². The number of alkyl halides is 3. The van der Waals surface area contributed by atoms with Crippen molar-refractivity contribution in [3.05, 3.63) is 24.0 Å². The lowest BCUT2D eigenvalue weighted by Gasteiger charge is -2.41. The summed E-state index contributed by atoms with van der Waals surface area (Å²) >= 11 is 0. The van der Waals surface area contributed by atoms with Crippen LogP contribution in [0.3, 0.4) is 0 Å². The topological polar surface area (TPSA) is 66.9 Å². The maximum atomic E-state index is 14.1. The van der Waals surface area contributed by atoms with Crippen LogP contribution >= 0.6 is 0 Å². The van der Waals surface area contributed by atoms with E-state index in [1.165, 1.54) is 6.20 Å². The van der Waals surface area contributed by atoms with Crippen LogP contribution in [-0.2, 0) is 20.4 Å². The summed E-state index contributed by atoms with van der Waals surface area (Å²) in [7, 11) is 1.73. The number of carbonyl (C=O) groups is 1. The van der Waals surface area contributed by atoms with Crippen molar-refractivity contribution in [2.45, 2.75) is 81.4 Å². The number of halogens is 3. The van der Waals surface area contributed by atoms with Crippen LogP contribution in [0.4, 0.5) is 18.9 Å². The molecule has 0 aromatic carbocycles. The number of carbonyl (C=O) groups excluding carboxylic acids is 1. The van der Waals surface area contributed by atoms with Gasteiger partial charge in [-0.3, -0.25) is 9.78 Å². The monoisotopic (exact) mass is 508 g/mol. The predicted molar refractivity (Wildman–Crippen MR) is 126 cm³/mol. The summed E-state index contributed by atoms with van der Waals surface area (Å²) in [6, 6.07) is 3.44. The Morgan fingerprint density at radius 3 is 2.86 bits per heavy atom. The Balaban J connectivity index is 1.13. The van der Waals surface area contributed by atoms with E-state index >= 15 is 0 Å². The van der Waals surface area contributed by atoms with Crippen LogP contribution < -0.4 is 10.2 Å². The van der Waals surface area contributed by atoms with Crippen molar-refractivity contribution in [2.24, 2.45) is 11.3 Å². The number of rotatable bonds is 5. The van der Waals surface area contributed by atoms with Crippen LogP contribution in [0.2, 0.25) is 0 Å². The van der Waals surface area contributed by atoms with Crippen LogP contribution in [0.5, 0.6) is 0 Å². The third kappa shape index (κ3) is 4.09. The highest BCUT2D eigenvalue weighted by atomic mass is 19.4. The fraction of sp³-hybridized carbons (Fsp3) is 0.769. The van der Waals surface area contributed by atoms with Crippen molar-refractivity contribution in [3.63, 3.8) is 0 Å². The third-order valence-corrected chi connectivity index (χ3v) is 9.49. The number of piperazine rings is 1. The zero-order valence-corrected chi connectivity index (χ0v) is 20.7. The van der Waals surface area contributed by atoms with Gasteiger partial charge in [-0.05, 0) is 56.6 Å². The van der Waals surface area contributed by atoms with Crippen molar-refractivity contribution in [1.82, 2.24) is 15.2 Å². The Morgan fingerprint density at radius 1 is 1.25 bits per heavy atom. The average Bonchev–Trinajstić information content (AvgIpc) is 3.63. The van der Waals surface area contributed by atoms with Gasteiger partial charge in [0.2, 0.25) is 5.91 Å². The minimum atomic E-state index is -4.46. The number of likely N-dealkylation sites (tertiary alicyclic amines) is 1. The number of nitrogens with one attached hydrogen (secondary N) is 1. The van der Waals surface area contributed by atoms with Gasteiger partial charge in [-0.25, -0.2) is 0 Å². The van der Waals surface area contributed by atoms with E-state index in [-0.39, 0.29) is 35.6 Å². The van der Waals surface area contributed by atoms with Crippen molar-refractivity contribution in [1.29, 1.82) is 0 Å². The summed E-state index contributed by atoms with van der Waals surface area (Å²) in [5.41, 5.74) is -0.628. The molecule has 36 heavy (non-hydrogen) atoms. The molecule has 2 aliphatic carbocycles. The van der Waals surface area contributed by atoms with Crippen LogP contribution in [0.15, 0.2) is 18.3 Å². The summed E-state index contributed by atoms with van der Waals surface area (Å²) in [5.74, 6) is 0.676. The molecule has 5 aliphatic rings. The second-order valence-corrected chi connectivity index (χ2v) is 11.3. The van der Waals surface area contributed by atoms with Crippen molar-refractivity contribution in [3.8, 4) is 0 Å². The lowest BCUT2D eigenvalue weighted by atomic mass is 9.78. The number of aromatic nitrogens is 1. The van der Waals surface area contributed by atoms with E-state index in [2.05, 4.69) is 15.2 Å². The number of hydrogen-bond donors (Lipinski definition) is 1. The molecule has 0 radical (unpaired) electrons. The van der Waals surface area contributed by atoms with Crippen LogP contribution in [0.25, 0.3) is 0 Å². The zero-order valence-electron chi connectivity index (χ0n) is 20.7. The van der Waals surface area contributed by atoms with Gasteiger partial charge in [-0.2, -0.15) is 13.2 Å². The smallest absolute Gasteiger partial charge is 0.379 e. The summed E-state index contributed by atoms with van der Waals surface area (Å²) in [4.78, 5) is 21.7. The predicted octanol–water partition coefficient (Wildman–Crippen LogP) is 3.23. The molecule has 0 spiro atoms. The molecule has 198 valence electrons. The summed E-state index contributed by atoms with van der Waals surface area (Å²) in [6.45, 7) is 2.50. The molecule has 1 aromatic heterocycles. The molecule has 2 saturated carbocycles. The standard InChI is InChI=1S/C26H35F3N4O3/c1-35-22-15-36-8-5-21(22)31-17-9-16-3-2-6-25(16,12-17)24(34)33-14-19-10-20(33)13-32(19)18-4-7-30-23(11-18)26(27,28)29/h4,7,11,16-17,19-22,31H,2-3,5-6,8-10,12-15H2,1H3/t16-,17-,19+,20+,21+,22-,25-/m1/s1. The van der Waals surface area contributed by atoms with Crippen LogP contribution in [-0.4, -0.2) is 79.5 Å². The molecule has 3 saturated heterocycles. The highest BCUT2D eigenvalue weighted by Crippen LogP contribution is 2.56. The van der Waals surface area contributed by atoms with Gasteiger partial charge in [0.05, 0.1) is 24.2 Å². The summed E-state index contributed by atoms with van der Waals surface area (Å²) in [5, 5.41) is 3.82. The first kappa shape index (κ1) is 24.4. The first-order valence-electron chi connectivity index (χ1n) is 13.3. The quantitative estimate of drug-likeness (QED) is 0.659. The van der Waals surface area contributed by atoms with E-state index in [9.17, 15) is 18.0 Å². The molecule has 4 heterocycles. The number of fused-ring (bicyclic) bond motifs is 3. The van der Waals surface area contributed by atoms with Gasteiger partial charge in [0, 0.05) is 56.8 Å². The number of pyridine rings is 1. The molecule has 6 rings (SSSR count). The van der Waals surface area contributed by atoms with Gasteiger partial charge in [0.25, 0.3) is 0 Å². The van der Waals surface area contributed by atoms with Gasteiger partial charge in [-0.15, -0.1) is 0 Å². The third-order valence-electron chi connectivity index (χ3n) is 9.49. The molecule has 7 atom stereocenters. The lowest BCUT2D eigenvalue weighted by molar-refractivity contribution is -0.144. The van der Waals surface area contributed by atoms with Crippen molar-refractivity contribution >= 4 is 11.6 Å². The van der Waals surface area contributed by atoms with E-state index in [1.54, 1.807) is 13.2 Å². The Hall–Kier alpha value is -1.91. The second kappa shape index (κ2) is 9.13. The number of nitrogens with zero attached hydrogens (tertiary/aromatic N) is 3. The summed E-state index contributed by atoms with van der Waals surface area (Å²) < 4.78 is 50.7. The fourth-order valence-corrected chi connectivity index (χ4v) is 7.83. The minimum absolute atomic E-state index is 0.0391. The fourth-order valence-electron chi connectivity index (χ4n) is 7.83. The molecule has 0 unspecified atom stereocenters. The number of amides is 1. The molecule has 1 aromatic rings. The number of hydrogen-bond acceptors (Lipinski definition) is 6. The minimum Gasteiger partial charge on any atom is -0.379 e. The van der Waals surface area contributed by atoms with Gasteiger partial charge in [0.1, 0.15) is 5.69 Å². The largest absolute Gasteiger partial charge is 0.433 e. The Labute approximate surface area is 209 Å². The molecule has 3 aliphatic heterocycles. The van der Waals surface area contributed by atoms with Crippen molar-refractivity contribution < 1.29 is 27.4 Å². The van der Waals surface area contributed by atoms with Gasteiger partial charge >= 0.3 is 6.18 Å². The first-order valence-corrected chi connectivity index (χ1v) is 13.3. The molecule has 2 bridgehead atoms. The average molecular weight is 509 g/mol. The van der Waals surface area contributed by atoms with Gasteiger partial charge < -0.3 is 24.6 Å². The van der Waals surface area contributed by atoms with Crippen LogP contribution in [0, 0.1) is 11.3 Å². The lowest BCUT2D eigenvalue weighted by Crippen LogP contribution is -2.54. The molecule has 7 nitrogen and oxygen atoms in total. The molecule has 1 N–H and O–H groups in total. The Bertz CT molecular complexity index is 993. The summed E-state index contributed by atoms with van der Waals surface area (Å²) in [6.07, 6.45) is 3.54. The first-order chi connectivity index (χ1) is 17.3. The molecule has 5 fully saturated rings. The zero-order chi connectivity index (χ0) is 25.1. The normalized spacial score (nSPS) is 38.1.